The van der Waals surface area contributed by atoms with Crippen LogP contribution in [0.15, 0.2) is 22.7 Å². The van der Waals surface area contributed by atoms with E-state index < -0.39 is 5.97 Å². The summed E-state index contributed by atoms with van der Waals surface area (Å²) in [6.07, 6.45) is -0.0273. The molecule has 2 rings (SSSR count). The molecule has 7 heteroatoms. The number of benzene rings is 1. The van der Waals surface area contributed by atoms with Crippen LogP contribution in [0.3, 0.4) is 0 Å². The van der Waals surface area contributed by atoms with E-state index in [2.05, 4.69) is 15.9 Å². The molecule has 4 nitrogen and oxygen atoms in total. The van der Waals surface area contributed by atoms with E-state index in [9.17, 15) is 9.59 Å². The van der Waals surface area contributed by atoms with Crippen LogP contribution in [0.25, 0.3) is 0 Å². The van der Waals surface area contributed by atoms with Crippen LogP contribution in [0.2, 0.25) is 5.02 Å². The van der Waals surface area contributed by atoms with Gasteiger partial charge in [-0.3, -0.25) is 9.59 Å². The first kappa shape index (κ1) is 15.7. The molecular formula is C13H13BrClNO3S. The first-order valence-electron chi connectivity index (χ1n) is 6.04. The highest BCUT2D eigenvalue weighted by Gasteiger charge is 2.29. The van der Waals surface area contributed by atoms with Crippen LogP contribution in [0, 0.1) is 0 Å². The maximum atomic E-state index is 12.5. The van der Waals surface area contributed by atoms with Crippen molar-refractivity contribution in [2.24, 2.45) is 0 Å². The molecule has 0 saturated carbocycles. The van der Waals surface area contributed by atoms with Crippen LogP contribution in [0.5, 0.6) is 0 Å². The fourth-order valence-electron chi connectivity index (χ4n) is 2.14. The second-order valence-corrected chi connectivity index (χ2v) is 6.99. The van der Waals surface area contributed by atoms with Crippen molar-refractivity contribution in [3.05, 3.63) is 33.3 Å². The molecule has 1 atom stereocenters. The van der Waals surface area contributed by atoms with Gasteiger partial charge in [0.2, 0.25) is 0 Å². The molecule has 1 unspecified atom stereocenters. The van der Waals surface area contributed by atoms with Gasteiger partial charge < -0.3 is 10.0 Å². The molecule has 1 amide bonds. The van der Waals surface area contributed by atoms with Crippen molar-refractivity contribution >= 4 is 51.2 Å². The Kier molecular flexibility index (Phi) is 5.35. The Morgan fingerprint density at radius 3 is 2.85 bits per heavy atom. The topological polar surface area (TPSA) is 57.6 Å². The third-order valence-corrected chi connectivity index (χ3v) is 4.78. The number of hydrogen-bond donors (Lipinski definition) is 1. The van der Waals surface area contributed by atoms with Crippen molar-refractivity contribution in [2.45, 2.75) is 12.5 Å². The van der Waals surface area contributed by atoms with E-state index in [0.29, 0.717) is 22.9 Å². The lowest BCUT2D eigenvalue weighted by Gasteiger charge is -2.34. The van der Waals surface area contributed by atoms with Gasteiger partial charge in [0.1, 0.15) is 0 Å². The number of thioether (sulfide) groups is 1. The van der Waals surface area contributed by atoms with Crippen molar-refractivity contribution in [1.82, 2.24) is 4.90 Å². The molecular weight excluding hydrogens is 366 g/mol. The Labute approximate surface area is 134 Å². The van der Waals surface area contributed by atoms with Gasteiger partial charge in [0, 0.05) is 33.1 Å². The number of hydrogen-bond acceptors (Lipinski definition) is 3. The maximum Gasteiger partial charge on any atom is 0.305 e. The quantitative estimate of drug-likeness (QED) is 0.878. The SMILES string of the molecule is O=C(O)CC1CSCCN1C(=O)c1cc(Cl)cc(Br)c1. The average molecular weight is 379 g/mol. The second-order valence-electron chi connectivity index (χ2n) is 4.48. The summed E-state index contributed by atoms with van der Waals surface area (Å²) < 4.78 is 0.731. The summed E-state index contributed by atoms with van der Waals surface area (Å²) in [7, 11) is 0. The number of amides is 1. The van der Waals surface area contributed by atoms with Crippen molar-refractivity contribution < 1.29 is 14.7 Å². The molecule has 0 aromatic heterocycles. The highest BCUT2D eigenvalue weighted by atomic mass is 79.9. The van der Waals surface area contributed by atoms with Crippen LogP contribution in [0.1, 0.15) is 16.8 Å². The highest BCUT2D eigenvalue weighted by molar-refractivity contribution is 9.10. The molecule has 0 radical (unpaired) electrons. The summed E-state index contributed by atoms with van der Waals surface area (Å²) >= 11 is 10.9. The minimum Gasteiger partial charge on any atom is -0.481 e. The van der Waals surface area contributed by atoms with Gasteiger partial charge in [-0.05, 0) is 18.2 Å². The summed E-state index contributed by atoms with van der Waals surface area (Å²) in [5.41, 5.74) is 0.478. The van der Waals surface area contributed by atoms with Gasteiger partial charge in [-0.1, -0.05) is 27.5 Å². The van der Waals surface area contributed by atoms with Gasteiger partial charge in [-0.2, -0.15) is 11.8 Å². The molecule has 1 aliphatic heterocycles. The number of carbonyl (C=O) groups is 2. The number of halogens is 2. The zero-order valence-electron chi connectivity index (χ0n) is 10.5. The molecule has 1 aromatic rings. The van der Waals surface area contributed by atoms with E-state index in [0.717, 1.165) is 10.2 Å². The Balaban J connectivity index is 2.22. The van der Waals surface area contributed by atoms with E-state index in [-0.39, 0.29) is 18.4 Å². The smallest absolute Gasteiger partial charge is 0.305 e. The number of nitrogens with zero attached hydrogens (tertiary/aromatic N) is 1. The monoisotopic (exact) mass is 377 g/mol. The zero-order chi connectivity index (χ0) is 14.7. The normalized spacial score (nSPS) is 18.9. The third-order valence-electron chi connectivity index (χ3n) is 3.01. The summed E-state index contributed by atoms with van der Waals surface area (Å²) in [5, 5.41) is 9.42. The van der Waals surface area contributed by atoms with Crippen LogP contribution in [-0.4, -0.2) is 46.0 Å². The number of carbonyl (C=O) groups excluding carboxylic acids is 1. The maximum absolute atomic E-state index is 12.5. The van der Waals surface area contributed by atoms with Crippen LogP contribution in [-0.2, 0) is 4.79 Å². The third kappa shape index (κ3) is 3.90. The molecule has 0 aliphatic carbocycles. The number of carboxylic acid groups (broad SMARTS) is 1. The van der Waals surface area contributed by atoms with Crippen molar-refractivity contribution in [3.8, 4) is 0 Å². The van der Waals surface area contributed by atoms with Gasteiger partial charge >= 0.3 is 5.97 Å². The fraction of sp³-hybridized carbons (Fsp3) is 0.385. The molecule has 0 spiro atoms. The van der Waals surface area contributed by atoms with E-state index >= 15 is 0 Å². The molecule has 1 saturated heterocycles. The minimum absolute atomic E-state index is 0.0273. The van der Waals surface area contributed by atoms with Crippen LogP contribution >= 0.6 is 39.3 Å². The number of carboxylic acids is 1. The highest BCUT2D eigenvalue weighted by Crippen LogP contribution is 2.24. The first-order chi connectivity index (χ1) is 9.47. The van der Waals surface area contributed by atoms with Gasteiger partial charge in [0.15, 0.2) is 0 Å². The minimum atomic E-state index is -0.887. The molecule has 1 fully saturated rings. The Hall–Kier alpha value is -0.720. The fourth-order valence-corrected chi connectivity index (χ4v) is 4.06. The van der Waals surface area contributed by atoms with Gasteiger partial charge in [-0.15, -0.1) is 0 Å². The summed E-state index contributed by atoms with van der Waals surface area (Å²) in [6, 6.07) is 4.75. The lowest BCUT2D eigenvalue weighted by Crippen LogP contribution is -2.47. The van der Waals surface area contributed by atoms with Crippen molar-refractivity contribution in [3.63, 3.8) is 0 Å². The van der Waals surface area contributed by atoms with Gasteiger partial charge in [0.05, 0.1) is 12.5 Å². The standard InChI is InChI=1S/C13H13BrClNO3S/c14-9-3-8(4-10(15)5-9)13(19)16-1-2-20-7-11(16)6-12(17)18/h3-5,11H,1-2,6-7H2,(H,17,18). The van der Waals surface area contributed by atoms with E-state index in [4.69, 9.17) is 16.7 Å². The van der Waals surface area contributed by atoms with Crippen LogP contribution in [0.4, 0.5) is 0 Å². The zero-order valence-corrected chi connectivity index (χ0v) is 13.7. The Morgan fingerprint density at radius 2 is 2.20 bits per heavy atom. The molecule has 0 bridgehead atoms. The van der Waals surface area contributed by atoms with E-state index in [1.54, 1.807) is 34.9 Å². The summed E-state index contributed by atoms with van der Waals surface area (Å²) in [5.74, 6) is 0.422. The van der Waals surface area contributed by atoms with E-state index in [1.165, 1.54) is 0 Å². The van der Waals surface area contributed by atoms with Gasteiger partial charge in [0.25, 0.3) is 5.91 Å². The lowest BCUT2D eigenvalue weighted by molar-refractivity contribution is -0.138. The largest absolute Gasteiger partial charge is 0.481 e. The first-order valence-corrected chi connectivity index (χ1v) is 8.36. The molecule has 20 heavy (non-hydrogen) atoms. The Morgan fingerprint density at radius 1 is 1.45 bits per heavy atom. The predicted molar refractivity (Wildman–Crippen MR) is 83.6 cm³/mol. The number of aliphatic carboxylic acids is 1. The van der Waals surface area contributed by atoms with Crippen LogP contribution < -0.4 is 0 Å². The van der Waals surface area contributed by atoms with Gasteiger partial charge in [-0.25, -0.2) is 0 Å². The molecule has 1 N–H and O–H groups in total. The predicted octanol–water partition coefficient (Wildman–Crippen LogP) is 3.13. The average Bonchev–Trinajstić information content (AvgIpc) is 2.36. The summed E-state index contributed by atoms with van der Waals surface area (Å²) in [4.78, 5) is 25.1. The molecule has 1 aliphatic rings. The molecule has 1 heterocycles. The second kappa shape index (κ2) is 6.83. The number of rotatable bonds is 3. The van der Waals surface area contributed by atoms with E-state index in [1.807, 2.05) is 0 Å². The molecule has 108 valence electrons. The molecule has 1 aromatic carbocycles. The lowest BCUT2D eigenvalue weighted by atomic mass is 10.1. The van der Waals surface area contributed by atoms with Crippen molar-refractivity contribution in [2.75, 3.05) is 18.1 Å². The van der Waals surface area contributed by atoms with Crippen molar-refractivity contribution in [1.29, 1.82) is 0 Å². The Bertz CT molecular complexity index is 520. The summed E-state index contributed by atoms with van der Waals surface area (Å²) in [6.45, 7) is 0.561.